The minimum Gasteiger partial charge on any atom is -0.370 e. The third kappa shape index (κ3) is 4.13. The lowest BCUT2D eigenvalue weighted by molar-refractivity contribution is -0.113. The van der Waals surface area contributed by atoms with Gasteiger partial charge in [-0.1, -0.05) is 47.6 Å². The van der Waals surface area contributed by atoms with E-state index in [1.165, 1.54) is 11.8 Å². The fourth-order valence-electron chi connectivity index (χ4n) is 2.86. The first-order valence-electron chi connectivity index (χ1n) is 8.51. The first kappa shape index (κ1) is 18.4. The number of rotatable bonds is 4. The van der Waals surface area contributed by atoms with Gasteiger partial charge in [-0.2, -0.15) is 0 Å². The fourth-order valence-corrected chi connectivity index (χ4v) is 3.74. The van der Waals surface area contributed by atoms with Gasteiger partial charge >= 0.3 is 0 Å². The smallest absolute Gasteiger partial charge is 0.234 e. The second kappa shape index (κ2) is 7.95. The molecule has 1 atom stereocenters. The van der Waals surface area contributed by atoms with E-state index in [1.807, 2.05) is 30.5 Å². The average Bonchev–Trinajstić information content (AvgIpc) is 3.10. The van der Waals surface area contributed by atoms with Gasteiger partial charge in [0, 0.05) is 33.4 Å². The van der Waals surface area contributed by atoms with Crippen LogP contribution in [0.2, 0.25) is 5.02 Å². The van der Waals surface area contributed by atoms with Gasteiger partial charge < -0.3 is 21.4 Å². The molecule has 0 saturated heterocycles. The molecule has 2 heterocycles. The number of amides is 1. The Morgan fingerprint density at radius 1 is 1.21 bits per heavy atom. The predicted octanol–water partition coefficient (Wildman–Crippen LogP) is 3.47. The van der Waals surface area contributed by atoms with E-state index in [1.54, 1.807) is 24.3 Å². The summed E-state index contributed by atoms with van der Waals surface area (Å²) in [4.78, 5) is 24.4. The number of nitrogens with one attached hydrogen (secondary N) is 3. The standard InChI is InChI=1S/C19H17ClN6OS/c20-11-4-3-5-12(8-11)23-16(27)10-28-19-25-17(24-18(21)26-19)14-9-22-15-7-2-1-6-13(14)15/h1-9,17,22H,10H2,(H,23,27)(H3,21,24,25,26)/t17-/m0/s1. The highest BCUT2D eigenvalue weighted by Gasteiger charge is 2.20. The molecule has 9 heteroatoms. The fraction of sp³-hybridized carbons (Fsp3) is 0.105. The van der Waals surface area contributed by atoms with Crippen molar-refractivity contribution in [2.75, 3.05) is 11.1 Å². The van der Waals surface area contributed by atoms with Crippen LogP contribution in [0.3, 0.4) is 0 Å². The lowest BCUT2D eigenvalue weighted by atomic mass is 10.1. The first-order chi connectivity index (χ1) is 13.6. The van der Waals surface area contributed by atoms with Crippen molar-refractivity contribution in [1.82, 2.24) is 10.3 Å². The van der Waals surface area contributed by atoms with E-state index >= 15 is 0 Å². The number of para-hydroxylation sites is 1. The van der Waals surface area contributed by atoms with E-state index < -0.39 is 6.17 Å². The summed E-state index contributed by atoms with van der Waals surface area (Å²) in [5.74, 6) is 0.274. The topological polar surface area (TPSA) is 108 Å². The van der Waals surface area contributed by atoms with Gasteiger partial charge in [-0.3, -0.25) is 4.79 Å². The minimum absolute atomic E-state index is 0.165. The Balaban J connectivity index is 1.45. The van der Waals surface area contributed by atoms with Crippen LogP contribution >= 0.6 is 23.4 Å². The van der Waals surface area contributed by atoms with Crippen molar-refractivity contribution in [3.63, 3.8) is 0 Å². The summed E-state index contributed by atoms with van der Waals surface area (Å²) in [5.41, 5.74) is 8.52. The van der Waals surface area contributed by atoms with E-state index in [0.717, 1.165) is 16.5 Å². The molecule has 4 rings (SSSR count). The number of amidine groups is 1. The maximum absolute atomic E-state index is 12.2. The molecule has 0 aliphatic carbocycles. The number of carbonyl (C=O) groups is 1. The lowest BCUT2D eigenvalue weighted by Gasteiger charge is -2.18. The van der Waals surface area contributed by atoms with Crippen molar-refractivity contribution in [3.05, 3.63) is 65.3 Å². The number of hydrogen-bond acceptors (Lipinski definition) is 6. The van der Waals surface area contributed by atoms with Gasteiger partial charge in [0.05, 0.1) is 5.75 Å². The average molecular weight is 413 g/mol. The summed E-state index contributed by atoms with van der Waals surface area (Å²) in [6.07, 6.45) is 1.42. The monoisotopic (exact) mass is 412 g/mol. The molecule has 1 amide bonds. The molecule has 28 heavy (non-hydrogen) atoms. The maximum Gasteiger partial charge on any atom is 0.234 e. The van der Waals surface area contributed by atoms with Crippen LogP contribution in [0.25, 0.3) is 10.9 Å². The molecule has 3 aromatic rings. The Labute approximate surface area is 170 Å². The summed E-state index contributed by atoms with van der Waals surface area (Å²) < 4.78 is 0. The Morgan fingerprint density at radius 2 is 2.07 bits per heavy atom. The number of aliphatic imine (C=N–C) groups is 2. The third-order valence-corrected chi connectivity index (χ3v) is 5.21. The summed E-state index contributed by atoms with van der Waals surface area (Å²) in [6, 6.07) is 14.9. The number of fused-ring (bicyclic) bond motifs is 1. The SMILES string of the molecule is NC1=N[C@H](c2c[nH]c3ccccc23)N=C(SCC(=O)Nc2cccc(Cl)c2)N1. The molecule has 7 nitrogen and oxygen atoms in total. The van der Waals surface area contributed by atoms with E-state index in [9.17, 15) is 4.79 Å². The molecule has 0 bridgehead atoms. The molecular formula is C19H17ClN6OS. The highest BCUT2D eigenvalue weighted by molar-refractivity contribution is 8.14. The number of benzene rings is 2. The van der Waals surface area contributed by atoms with Crippen LogP contribution < -0.4 is 16.4 Å². The van der Waals surface area contributed by atoms with Crippen LogP contribution in [-0.2, 0) is 4.79 Å². The zero-order chi connectivity index (χ0) is 19.5. The molecule has 5 N–H and O–H groups in total. The van der Waals surface area contributed by atoms with Crippen LogP contribution in [0, 0.1) is 0 Å². The highest BCUT2D eigenvalue weighted by Crippen LogP contribution is 2.29. The predicted molar refractivity (Wildman–Crippen MR) is 116 cm³/mol. The number of carbonyl (C=O) groups excluding carboxylic acids is 1. The van der Waals surface area contributed by atoms with Crippen molar-refractivity contribution < 1.29 is 4.79 Å². The number of aromatic nitrogens is 1. The van der Waals surface area contributed by atoms with Gasteiger partial charge in [-0.15, -0.1) is 0 Å². The first-order valence-corrected chi connectivity index (χ1v) is 9.87. The van der Waals surface area contributed by atoms with Gasteiger partial charge in [0.25, 0.3) is 0 Å². The molecule has 1 aliphatic heterocycles. The summed E-state index contributed by atoms with van der Waals surface area (Å²) in [5, 5.41) is 7.87. The number of guanidine groups is 1. The zero-order valence-electron chi connectivity index (χ0n) is 14.6. The normalized spacial score (nSPS) is 16.2. The number of H-pyrrole nitrogens is 1. The Kier molecular flexibility index (Phi) is 5.23. The lowest BCUT2D eigenvalue weighted by Crippen LogP contribution is -2.39. The second-order valence-corrected chi connectivity index (χ2v) is 7.48. The van der Waals surface area contributed by atoms with Crippen molar-refractivity contribution in [1.29, 1.82) is 0 Å². The van der Waals surface area contributed by atoms with Gasteiger partial charge in [-0.05, 0) is 24.3 Å². The number of halogens is 1. The third-order valence-electron chi connectivity index (χ3n) is 4.08. The number of thioether (sulfide) groups is 1. The van der Waals surface area contributed by atoms with Gasteiger partial charge in [0.15, 0.2) is 17.3 Å². The van der Waals surface area contributed by atoms with E-state index in [-0.39, 0.29) is 17.6 Å². The molecule has 0 unspecified atom stereocenters. The zero-order valence-corrected chi connectivity index (χ0v) is 16.2. The van der Waals surface area contributed by atoms with E-state index in [0.29, 0.717) is 15.9 Å². The summed E-state index contributed by atoms with van der Waals surface area (Å²) in [7, 11) is 0. The van der Waals surface area contributed by atoms with Gasteiger partial charge in [0.2, 0.25) is 5.91 Å². The van der Waals surface area contributed by atoms with E-state index in [2.05, 4.69) is 25.6 Å². The molecule has 2 aromatic carbocycles. The van der Waals surface area contributed by atoms with Gasteiger partial charge in [-0.25, -0.2) is 9.98 Å². The molecule has 0 radical (unpaired) electrons. The van der Waals surface area contributed by atoms with Crippen molar-refractivity contribution in [3.8, 4) is 0 Å². The quantitative estimate of drug-likeness (QED) is 0.526. The second-order valence-electron chi connectivity index (χ2n) is 6.08. The molecule has 142 valence electrons. The minimum atomic E-state index is -0.462. The maximum atomic E-state index is 12.2. The Bertz CT molecular complexity index is 1090. The number of nitrogens with zero attached hydrogens (tertiary/aromatic N) is 2. The van der Waals surface area contributed by atoms with Crippen molar-refractivity contribution in [2.24, 2.45) is 15.7 Å². The molecular weight excluding hydrogens is 396 g/mol. The van der Waals surface area contributed by atoms with Crippen LogP contribution in [0.15, 0.2) is 64.7 Å². The van der Waals surface area contributed by atoms with Gasteiger partial charge in [0.1, 0.15) is 0 Å². The molecule has 0 fully saturated rings. The molecule has 0 saturated carbocycles. The molecule has 0 spiro atoms. The van der Waals surface area contributed by atoms with Crippen LogP contribution in [0.1, 0.15) is 11.7 Å². The summed E-state index contributed by atoms with van der Waals surface area (Å²) in [6.45, 7) is 0. The Morgan fingerprint density at radius 3 is 2.93 bits per heavy atom. The number of hydrogen-bond donors (Lipinski definition) is 4. The summed E-state index contributed by atoms with van der Waals surface area (Å²) >= 11 is 7.20. The van der Waals surface area contributed by atoms with Crippen LogP contribution in [-0.4, -0.2) is 27.8 Å². The largest absolute Gasteiger partial charge is 0.370 e. The number of nitrogens with two attached hydrogens (primary N) is 1. The van der Waals surface area contributed by atoms with Crippen LogP contribution in [0.4, 0.5) is 5.69 Å². The number of aromatic amines is 1. The van der Waals surface area contributed by atoms with Crippen molar-refractivity contribution >= 4 is 57.0 Å². The molecule has 1 aromatic heterocycles. The number of anilines is 1. The van der Waals surface area contributed by atoms with Crippen molar-refractivity contribution in [2.45, 2.75) is 6.17 Å². The van der Waals surface area contributed by atoms with E-state index in [4.69, 9.17) is 17.3 Å². The van der Waals surface area contributed by atoms with Crippen LogP contribution in [0.5, 0.6) is 0 Å². The Hall–Kier alpha value is -2.97. The molecule has 1 aliphatic rings. The highest BCUT2D eigenvalue weighted by atomic mass is 35.5.